The molecule has 1 aliphatic heterocycles. The monoisotopic (exact) mass is 322 g/mol. The van der Waals surface area contributed by atoms with Crippen molar-refractivity contribution < 1.29 is 4.42 Å². The van der Waals surface area contributed by atoms with Crippen LogP contribution in [0.1, 0.15) is 25.7 Å². The van der Waals surface area contributed by atoms with E-state index >= 15 is 0 Å². The topological polar surface area (TPSA) is 38.1 Å². The summed E-state index contributed by atoms with van der Waals surface area (Å²) in [6.45, 7) is 4.61. The van der Waals surface area contributed by atoms with Gasteiger partial charge in [0.25, 0.3) is 0 Å². The van der Waals surface area contributed by atoms with Gasteiger partial charge in [-0.2, -0.15) is 0 Å². The Morgan fingerprint density at radius 2 is 2.42 bits per heavy atom. The number of rotatable bonds is 3. The normalized spacial score (nSPS) is 21.7. The molecule has 2 atom stereocenters. The van der Waals surface area contributed by atoms with E-state index in [4.69, 9.17) is 4.42 Å². The third-order valence-corrected chi connectivity index (χ3v) is 4.52. The minimum absolute atomic E-state index is 0.615. The zero-order valence-electron chi connectivity index (χ0n) is 11.2. The van der Waals surface area contributed by atoms with Gasteiger partial charge in [0.15, 0.2) is 11.5 Å². The summed E-state index contributed by atoms with van der Waals surface area (Å²) in [7, 11) is 0. The summed E-state index contributed by atoms with van der Waals surface area (Å²) < 4.78 is 6.88. The molecule has 0 radical (unpaired) electrons. The van der Waals surface area contributed by atoms with Crippen LogP contribution in [-0.2, 0) is 6.42 Å². The molecule has 0 saturated carbocycles. The fraction of sp³-hybridized carbons (Fsp3) is 0.533. The Bertz CT molecular complexity index is 560. The average molecular weight is 323 g/mol. The number of nitrogens with zero attached hydrogens (tertiary/aromatic N) is 1. The van der Waals surface area contributed by atoms with Crippen LogP contribution >= 0.6 is 15.9 Å². The predicted octanol–water partition coefficient (Wildman–Crippen LogP) is 3.77. The maximum atomic E-state index is 5.83. The summed E-state index contributed by atoms with van der Waals surface area (Å²) in [5, 5.41) is 3.48. The molecular formula is C15H19BrN2O. The average Bonchev–Trinajstić information content (AvgIpc) is 2.81. The van der Waals surface area contributed by atoms with Crippen LogP contribution in [0.25, 0.3) is 11.1 Å². The largest absolute Gasteiger partial charge is 0.441 e. The lowest BCUT2D eigenvalue weighted by Gasteiger charge is -2.27. The van der Waals surface area contributed by atoms with E-state index in [1.54, 1.807) is 0 Å². The number of fused-ring (bicyclic) bond motifs is 1. The van der Waals surface area contributed by atoms with Gasteiger partial charge in [-0.15, -0.1) is 0 Å². The number of benzene rings is 1. The molecule has 1 aromatic carbocycles. The molecule has 1 aromatic heterocycles. The molecule has 0 aliphatic carbocycles. The van der Waals surface area contributed by atoms with Crippen LogP contribution < -0.4 is 5.32 Å². The highest BCUT2D eigenvalue weighted by molar-refractivity contribution is 9.10. The number of halogens is 1. The quantitative estimate of drug-likeness (QED) is 0.934. The van der Waals surface area contributed by atoms with Gasteiger partial charge in [0.1, 0.15) is 5.52 Å². The van der Waals surface area contributed by atoms with Crippen molar-refractivity contribution in [2.45, 2.75) is 26.2 Å². The van der Waals surface area contributed by atoms with Gasteiger partial charge in [0.2, 0.25) is 0 Å². The fourth-order valence-electron chi connectivity index (χ4n) is 2.84. The van der Waals surface area contributed by atoms with Crippen molar-refractivity contribution in [1.82, 2.24) is 10.3 Å². The van der Waals surface area contributed by atoms with Gasteiger partial charge < -0.3 is 9.73 Å². The van der Waals surface area contributed by atoms with Gasteiger partial charge in [0, 0.05) is 10.9 Å². The number of piperidine rings is 1. The summed E-state index contributed by atoms with van der Waals surface area (Å²) in [4.78, 5) is 4.59. The zero-order valence-corrected chi connectivity index (χ0v) is 12.7. The maximum absolute atomic E-state index is 5.83. The predicted molar refractivity (Wildman–Crippen MR) is 80.2 cm³/mol. The number of nitrogens with one attached hydrogen (secondary N) is 1. The van der Waals surface area contributed by atoms with Gasteiger partial charge in [-0.1, -0.05) is 22.9 Å². The van der Waals surface area contributed by atoms with E-state index < -0.39 is 0 Å². The van der Waals surface area contributed by atoms with Gasteiger partial charge >= 0.3 is 0 Å². The molecule has 1 aliphatic rings. The Labute approximate surface area is 121 Å². The van der Waals surface area contributed by atoms with Gasteiger partial charge in [-0.05, 0) is 56.0 Å². The maximum Gasteiger partial charge on any atom is 0.195 e. The van der Waals surface area contributed by atoms with E-state index in [1.807, 2.05) is 18.2 Å². The van der Waals surface area contributed by atoms with Crippen LogP contribution in [-0.4, -0.2) is 18.1 Å². The Morgan fingerprint density at radius 1 is 1.53 bits per heavy atom. The van der Waals surface area contributed by atoms with Crippen molar-refractivity contribution in [2.75, 3.05) is 13.1 Å². The Kier molecular flexibility index (Phi) is 3.89. The molecule has 1 fully saturated rings. The van der Waals surface area contributed by atoms with Crippen molar-refractivity contribution in [2.24, 2.45) is 11.8 Å². The lowest BCUT2D eigenvalue weighted by molar-refractivity contribution is 0.267. The molecule has 0 spiro atoms. The van der Waals surface area contributed by atoms with Crippen LogP contribution in [0.15, 0.2) is 27.1 Å². The van der Waals surface area contributed by atoms with Crippen molar-refractivity contribution in [3.63, 3.8) is 0 Å². The smallest absolute Gasteiger partial charge is 0.195 e. The summed E-state index contributed by atoms with van der Waals surface area (Å²) in [5.41, 5.74) is 1.82. The SMILES string of the molecule is CC(Cc1nc2cc(Br)ccc2o1)C1CCCNC1. The van der Waals surface area contributed by atoms with E-state index in [1.165, 1.54) is 19.4 Å². The molecule has 102 valence electrons. The van der Waals surface area contributed by atoms with E-state index in [0.29, 0.717) is 5.92 Å². The van der Waals surface area contributed by atoms with Crippen LogP contribution in [0, 0.1) is 11.8 Å². The Morgan fingerprint density at radius 3 is 3.21 bits per heavy atom. The second-order valence-electron chi connectivity index (χ2n) is 5.51. The zero-order chi connectivity index (χ0) is 13.2. The second-order valence-corrected chi connectivity index (χ2v) is 6.42. The summed E-state index contributed by atoms with van der Waals surface area (Å²) in [5.74, 6) is 2.23. The summed E-state index contributed by atoms with van der Waals surface area (Å²) >= 11 is 3.47. The highest BCUT2D eigenvalue weighted by atomic mass is 79.9. The van der Waals surface area contributed by atoms with E-state index in [2.05, 4.69) is 33.2 Å². The Balaban J connectivity index is 1.73. The molecule has 3 nitrogen and oxygen atoms in total. The van der Waals surface area contributed by atoms with Gasteiger partial charge in [0.05, 0.1) is 0 Å². The molecule has 3 rings (SSSR count). The van der Waals surface area contributed by atoms with Crippen molar-refractivity contribution in [3.8, 4) is 0 Å². The molecule has 4 heteroatoms. The second kappa shape index (κ2) is 5.63. The van der Waals surface area contributed by atoms with E-state index in [9.17, 15) is 0 Å². The summed E-state index contributed by atoms with van der Waals surface area (Å²) in [6, 6.07) is 5.98. The molecular weight excluding hydrogens is 304 g/mol. The molecule has 2 unspecified atom stereocenters. The van der Waals surface area contributed by atoms with Crippen LogP contribution in [0.2, 0.25) is 0 Å². The summed E-state index contributed by atoms with van der Waals surface area (Å²) in [6.07, 6.45) is 3.54. The van der Waals surface area contributed by atoms with Crippen LogP contribution in [0.4, 0.5) is 0 Å². The first kappa shape index (κ1) is 13.1. The molecule has 2 heterocycles. The minimum Gasteiger partial charge on any atom is -0.441 e. The van der Waals surface area contributed by atoms with E-state index in [0.717, 1.165) is 40.3 Å². The third kappa shape index (κ3) is 3.00. The Hall–Kier alpha value is -0.870. The molecule has 0 amide bonds. The first-order chi connectivity index (χ1) is 9.22. The number of hydrogen-bond acceptors (Lipinski definition) is 3. The number of aromatic nitrogens is 1. The van der Waals surface area contributed by atoms with Crippen molar-refractivity contribution >= 4 is 27.0 Å². The highest BCUT2D eigenvalue weighted by Gasteiger charge is 2.21. The van der Waals surface area contributed by atoms with Crippen LogP contribution in [0.3, 0.4) is 0 Å². The van der Waals surface area contributed by atoms with Gasteiger partial charge in [-0.25, -0.2) is 4.98 Å². The lowest BCUT2D eigenvalue weighted by atomic mass is 9.85. The molecule has 2 aromatic rings. The molecule has 19 heavy (non-hydrogen) atoms. The standard InChI is InChI=1S/C15H19BrN2O/c1-10(11-3-2-6-17-9-11)7-15-18-13-8-12(16)4-5-14(13)19-15/h4-5,8,10-11,17H,2-3,6-7,9H2,1H3. The van der Waals surface area contributed by atoms with E-state index in [-0.39, 0.29) is 0 Å². The third-order valence-electron chi connectivity index (χ3n) is 4.03. The molecule has 1 N–H and O–H groups in total. The lowest BCUT2D eigenvalue weighted by Crippen LogP contribution is -2.33. The first-order valence-corrected chi connectivity index (χ1v) is 7.77. The molecule has 1 saturated heterocycles. The molecule has 0 bridgehead atoms. The van der Waals surface area contributed by atoms with Crippen molar-refractivity contribution in [1.29, 1.82) is 0 Å². The van der Waals surface area contributed by atoms with Crippen molar-refractivity contribution in [3.05, 3.63) is 28.6 Å². The minimum atomic E-state index is 0.615. The number of hydrogen-bond donors (Lipinski definition) is 1. The first-order valence-electron chi connectivity index (χ1n) is 6.98. The van der Waals surface area contributed by atoms with Crippen LogP contribution in [0.5, 0.6) is 0 Å². The fourth-order valence-corrected chi connectivity index (χ4v) is 3.19. The highest BCUT2D eigenvalue weighted by Crippen LogP contribution is 2.26. The van der Waals surface area contributed by atoms with Gasteiger partial charge in [-0.3, -0.25) is 0 Å². The number of oxazole rings is 1.